The molecule has 1 atom stereocenters. The zero-order valence-corrected chi connectivity index (χ0v) is 11.1. The molecule has 1 heterocycles. The van der Waals surface area contributed by atoms with Crippen LogP contribution in [-0.4, -0.2) is 32.6 Å². The number of nitrogens with zero attached hydrogens (tertiary/aromatic N) is 1. The number of carboxylic acids is 1. The Bertz CT molecular complexity index is 585. The Labute approximate surface area is 111 Å². The summed E-state index contributed by atoms with van der Waals surface area (Å²) < 4.78 is 23.1. The molecule has 1 fully saturated rings. The highest BCUT2D eigenvalue weighted by atomic mass is 32.2. The highest BCUT2D eigenvalue weighted by molar-refractivity contribution is 7.89. The molecule has 19 heavy (non-hydrogen) atoms. The van der Waals surface area contributed by atoms with Gasteiger partial charge in [0.15, 0.2) is 0 Å². The van der Waals surface area contributed by atoms with E-state index in [-0.39, 0.29) is 4.90 Å². The SMILES string of the molecule is NS(=O)(=O)c1ccccc1N1CCCC(C(=O)O)C1. The van der Waals surface area contributed by atoms with E-state index in [1.807, 2.05) is 0 Å². The summed E-state index contributed by atoms with van der Waals surface area (Å²) >= 11 is 0. The standard InChI is InChI=1S/C12H16N2O4S/c13-19(17,18)11-6-2-1-5-10(11)14-7-3-4-9(8-14)12(15)16/h1-2,5-6,9H,3-4,7-8H2,(H,15,16)(H2,13,17,18). The van der Waals surface area contributed by atoms with Crippen molar-refractivity contribution in [2.24, 2.45) is 11.1 Å². The summed E-state index contributed by atoms with van der Waals surface area (Å²) in [4.78, 5) is 12.9. The third kappa shape index (κ3) is 3.05. The molecule has 0 radical (unpaired) electrons. The second kappa shape index (κ2) is 5.18. The topological polar surface area (TPSA) is 101 Å². The second-order valence-corrected chi connectivity index (χ2v) is 6.17. The lowest BCUT2D eigenvalue weighted by atomic mass is 9.98. The molecular weight excluding hydrogens is 268 g/mol. The van der Waals surface area contributed by atoms with Gasteiger partial charge in [0.25, 0.3) is 0 Å². The minimum absolute atomic E-state index is 0.0426. The summed E-state index contributed by atoms with van der Waals surface area (Å²) in [5.41, 5.74) is 0.482. The Morgan fingerprint density at radius 1 is 1.37 bits per heavy atom. The quantitative estimate of drug-likeness (QED) is 0.848. The number of hydrogen-bond donors (Lipinski definition) is 2. The maximum atomic E-state index is 11.5. The molecule has 104 valence electrons. The van der Waals surface area contributed by atoms with E-state index in [9.17, 15) is 13.2 Å². The first-order valence-electron chi connectivity index (χ1n) is 5.99. The van der Waals surface area contributed by atoms with E-state index >= 15 is 0 Å². The number of hydrogen-bond acceptors (Lipinski definition) is 4. The van der Waals surface area contributed by atoms with Gasteiger partial charge in [-0.1, -0.05) is 12.1 Å². The number of aliphatic carboxylic acids is 1. The minimum atomic E-state index is -3.81. The Morgan fingerprint density at radius 3 is 2.68 bits per heavy atom. The first-order chi connectivity index (χ1) is 8.89. The summed E-state index contributed by atoms with van der Waals surface area (Å²) in [7, 11) is -3.81. The van der Waals surface area contributed by atoms with Crippen molar-refractivity contribution in [3.8, 4) is 0 Å². The lowest BCUT2D eigenvalue weighted by molar-refractivity contribution is -0.141. The molecule has 0 bridgehead atoms. The fraction of sp³-hybridized carbons (Fsp3) is 0.417. The maximum Gasteiger partial charge on any atom is 0.308 e. The molecule has 1 saturated heterocycles. The normalized spacial score (nSPS) is 20.3. The number of nitrogens with two attached hydrogens (primary N) is 1. The number of para-hydroxylation sites is 1. The van der Waals surface area contributed by atoms with E-state index in [2.05, 4.69) is 0 Å². The van der Waals surface area contributed by atoms with Gasteiger partial charge in [-0.25, -0.2) is 13.6 Å². The largest absolute Gasteiger partial charge is 0.481 e. The van der Waals surface area contributed by atoms with Crippen molar-refractivity contribution in [2.45, 2.75) is 17.7 Å². The molecule has 0 aliphatic carbocycles. The summed E-state index contributed by atoms with van der Waals surface area (Å²) in [6, 6.07) is 6.41. The van der Waals surface area contributed by atoms with Gasteiger partial charge in [0.05, 0.1) is 11.6 Å². The minimum Gasteiger partial charge on any atom is -0.481 e. The van der Waals surface area contributed by atoms with Gasteiger partial charge in [-0.2, -0.15) is 0 Å². The van der Waals surface area contributed by atoms with Crippen LogP contribution in [0.25, 0.3) is 0 Å². The molecule has 1 aromatic rings. The van der Waals surface area contributed by atoms with Crippen LogP contribution in [0.5, 0.6) is 0 Å². The van der Waals surface area contributed by atoms with Gasteiger partial charge >= 0.3 is 5.97 Å². The van der Waals surface area contributed by atoms with E-state index in [0.29, 0.717) is 25.2 Å². The molecule has 6 nitrogen and oxygen atoms in total. The van der Waals surface area contributed by atoms with Crippen LogP contribution in [0.3, 0.4) is 0 Å². The van der Waals surface area contributed by atoms with Crippen molar-refractivity contribution >= 4 is 21.7 Å². The van der Waals surface area contributed by atoms with Crippen molar-refractivity contribution in [2.75, 3.05) is 18.0 Å². The number of rotatable bonds is 3. The monoisotopic (exact) mass is 284 g/mol. The molecule has 1 aromatic carbocycles. The van der Waals surface area contributed by atoms with Crippen molar-refractivity contribution in [3.05, 3.63) is 24.3 Å². The van der Waals surface area contributed by atoms with Gasteiger partial charge in [0, 0.05) is 13.1 Å². The van der Waals surface area contributed by atoms with Crippen LogP contribution in [0, 0.1) is 5.92 Å². The van der Waals surface area contributed by atoms with Gasteiger partial charge in [-0.15, -0.1) is 0 Å². The third-order valence-electron chi connectivity index (χ3n) is 3.28. The van der Waals surface area contributed by atoms with Crippen LogP contribution in [-0.2, 0) is 14.8 Å². The molecule has 2 rings (SSSR count). The van der Waals surface area contributed by atoms with E-state index in [1.54, 1.807) is 23.1 Å². The second-order valence-electron chi connectivity index (χ2n) is 4.64. The van der Waals surface area contributed by atoms with Crippen molar-refractivity contribution in [3.63, 3.8) is 0 Å². The lowest BCUT2D eigenvalue weighted by Crippen LogP contribution is -2.39. The zero-order chi connectivity index (χ0) is 14.0. The number of benzene rings is 1. The molecule has 1 aliphatic heterocycles. The van der Waals surface area contributed by atoms with Gasteiger partial charge in [0.2, 0.25) is 10.0 Å². The molecular formula is C12H16N2O4S. The number of sulfonamides is 1. The van der Waals surface area contributed by atoms with Crippen LogP contribution < -0.4 is 10.0 Å². The van der Waals surface area contributed by atoms with Gasteiger partial charge in [0.1, 0.15) is 4.90 Å². The zero-order valence-electron chi connectivity index (χ0n) is 10.3. The van der Waals surface area contributed by atoms with Gasteiger partial charge in [-0.05, 0) is 25.0 Å². The number of piperidine rings is 1. The summed E-state index contributed by atoms with van der Waals surface area (Å²) in [6.07, 6.45) is 1.33. The first kappa shape index (κ1) is 13.8. The number of primary sulfonamides is 1. The van der Waals surface area contributed by atoms with Crippen LogP contribution in [0.2, 0.25) is 0 Å². The predicted molar refractivity (Wildman–Crippen MR) is 70.4 cm³/mol. The molecule has 0 aromatic heterocycles. The summed E-state index contributed by atoms with van der Waals surface area (Å²) in [5.74, 6) is -1.32. The van der Waals surface area contributed by atoms with Crippen molar-refractivity contribution in [1.82, 2.24) is 0 Å². The summed E-state index contributed by atoms with van der Waals surface area (Å²) in [6.45, 7) is 0.943. The summed E-state index contributed by atoms with van der Waals surface area (Å²) in [5, 5.41) is 14.3. The van der Waals surface area contributed by atoms with E-state index < -0.39 is 21.9 Å². The highest BCUT2D eigenvalue weighted by Crippen LogP contribution is 2.28. The fourth-order valence-corrected chi connectivity index (χ4v) is 3.11. The Balaban J connectivity index is 2.34. The van der Waals surface area contributed by atoms with E-state index in [4.69, 9.17) is 10.2 Å². The Kier molecular flexibility index (Phi) is 3.77. The number of carboxylic acid groups (broad SMARTS) is 1. The Hall–Kier alpha value is -1.60. The lowest BCUT2D eigenvalue weighted by Gasteiger charge is -2.33. The average molecular weight is 284 g/mol. The van der Waals surface area contributed by atoms with Crippen molar-refractivity contribution in [1.29, 1.82) is 0 Å². The Morgan fingerprint density at radius 2 is 2.05 bits per heavy atom. The molecule has 3 N–H and O–H groups in total. The predicted octanol–water partition coefficient (Wildman–Crippen LogP) is 0.635. The molecule has 1 unspecified atom stereocenters. The fourth-order valence-electron chi connectivity index (χ4n) is 2.36. The molecule has 7 heteroatoms. The molecule has 0 saturated carbocycles. The van der Waals surface area contributed by atoms with Gasteiger partial charge < -0.3 is 10.0 Å². The smallest absolute Gasteiger partial charge is 0.308 e. The van der Waals surface area contributed by atoms with Gasteiger partial charge in [-0.3, -0.25) is 4.79 Å². The van der Waals surface area contributed by atoms with Crippen molar-refractivity contribution < 1.29 is 18.3 Å². The third-order valence-corrected chi connectivity index (χ3v) is 4.24. The van der Waals surface area contributed by atoms with Crippen LogP contribution in [0.4, 0.5) is 5.69 Å². The number of carbonyl (C=O) groups is 1. The molecule has 1 aliphatic rings. The van der Waals surface area contributed by atoms with Crippen LogP contribution in [0.15, 0.2) is 29.2 Å². The van der Waals surface area contributed by atoms with E-state index in [0.717, 1.165) is 6.42 Å². The number of anilines is 1. The van der Waals surface area contributed by atoms with Crippen LogP contribution in [0.1, 0.15) is 12.8 Å². The molecule has 0 spiro atoms. The first-order valence-corrected chi connectivity index (χ1v) is 7.54. The maximum absolute atomic E-state index is 11.5. The van der Waals surface area contributed by atoms with E-state index in [1.165, 1.54) is 6.07 Å². The highest BCUT2D eigenvalue weighted by Gasteiger charge is 2.28. The van der Waals surface area contributed by atoms with Crippen LogP contribution >= 0.6 is 0 Å². The molecule has 0 amide bonds. The average Bonchev–Trinajstić information content (AvgIpc) is 2.38.